The summed E-state index contributed by atoms with van der Waals surface area (Å²) in [6, 6.07) is 16.8. The molecule has 7 nitrogen and oxygen atoms in total. The van der Waals surface area contributed by atoms with Gasteiger partial charge in [-0.1, -0.05) is 22.0 Å². The van der Waals surface area contributed by atoms with E-state index in [4.69, 9.17) is 8.83 Å². The lowest BCUT2D eigenvalue weighted by Crippen LogP contribution is -2.16. The molecule has 5 aromatic rings. The van der Waals surface area contributed by atoms with Crippen molar-refractivity contribution in [2.24, 2.45) is 5.10 Å². The van der Waals surface area contributed by atoms with Crippen LogP contribution in [-0.4, -0.2) is 22.1 Å². The van der Waals surface area contributed by atoms with E-state index in [1.54, 1.807) is 18.2 Å². The monoisotopic (exact) mass is 494 g/mol. The molecule has 2 aromatic carbocycles. The van der Waals surface area contributed by atoms with Crippen molar-refractivity contribution in [2.75, 3.05) is 0 Å². The number of hydrogen-bond donors (Lipinski definition) is 2. The van der Waals surface area contributed by atoms with Crippen LogP contribution < -0.4 is 5.43 Å². The summed E-state index contributed by atoms with van der Waals surface area (Å²) in [6.45, 7) is 2.04. The normalized spacial score (nSPS) is 11.7. The minimum Gasteiger partial charge on any atom is -0.451 e. The Morgan fingerprint density at radius 1 is 1.16 bits per heavy atom. The summed E-state index contributed by atoms with van der Waals surface area (Å²) in [5.74, 6) is 0.242. The maximum Gasteiger partial charge on any atom is 0.307 e. The van der Waals surface area contributed by atoms with E-state index >= 15 is 0 Å². The molecule has 0 bridgehead atoms. The molecule has 0 saturated heterocycles. The molecule has 9 heteroatoms. The molecular formula is C22H15BrN4O3S. The summed E-state index contributed by atoms with van der Waals surface area (Å²) in [5.41, 5.74) is 6.13. The van der Waals surface area contributed by atoms with Gasteiger partial charge in [-0.15, -0.1) is 0 Å². The third-order valence-electron chi connectivity index (χ3n) is 4.48. The number of imidazole rings is 1. The Kier molecular flexibility index (Phi) is 5.13. The van der Waals surface area contributed by atoms with Gasteiger partial charge in [0.2, 0.25) is 0 Å². The van der Waals surface area contributed by atoms with E-state index in [2.05, 4.69) is 42.5 Å². The highest BCUT2D eigenvalue weighted by atomic mass is 79.9. The van der Waals surface area contributed by atoms with Gasteiger partial charge in [-0.3, -0.25) is 4.79 Å². The summed E-state index contributed by atoms with van der Waals surface area (Å²) in [5, 5.41) is 6.18. The largest absolute Gasteiger partial charge is 0.451 e. The first kappa shape index (κ1) is 19.7. The van der Waals surface area contributed by atoms with Crippen molar-refractivity contribution >= 4 is 61.8 Å². The van der Waals surface area contributed by atoms with Gasteiger partial charge in [-0.05, 0) is 72.8 Å². The van der Waals surface area contributed by atoms with Crippen LogP contribution in [0.4, 0.5) is 0 Å². The van der Waals surface area contributed by atoms with Crippen LogP contribution in [0.5, 0.6) is 0 Å². The zero-order valence-corrected chi connectivity index (χ0v) is 18.6. The fourth-order valence-corrected chi connectivity index (χ4v) is 4.19. The van der Waals surface area contributed by atoms with Crippen LogP contribution in [0.15, 0.2) is 83.3 Å². The molecule has 3 aromatic heterocycles. The summed E-state index contributed by atoms with van der Waals surface area (Å²) >= 11 is 4.78. The average molecular weight is 495 g/mol. The minimum absolute atomic E-state index is 0.182. The number of furan rings is 2. The van der Waals surface area contributed by atoms with Crippen molar-refractivity contribution in [1.29, 1.82) is 0 Å². The van der Waals surface area contributed by atoms with Crippen LogP contribution in [0.2, 0.25) is 0 Å². The quantitative estimate of drug-likeness (QED) is 0.234. The van der Waals surface area contributed by atoms with E-state index < -0.39 is 5.91 Å². The lowest BCUT2D eigenvalue weighted by Gasteiger charge is -1.94. The van der Waals surface area contributed by atoms with Crippen molar-refractivity contribution in [3.05, 3.63) is 76.2 Å². The summed E-state index contributed by atoms with van der Waals surface area (Å²) in [7, 11) is 0. The van der Waals surface area contributed by atoms with E-state index in [-0.39, 0.29) is 5.76 Å². The number of nitrogens with zero attached hydrogens (tertiary/aromatic N) is 2. The summed E-state index contributed by atoms with van der Waals surface area (Å²) in [6.07, 6.45) is 1.43. The first-order valence-electron chi connectivity index (χ1n) is 9.30. The Bertz CT molecular complexity index is 1450. The number of H-pyrrole nitrogens is 1. The van der Waals surface area contributed by atoms with Crippen LogP contribution in [-0.2, 0) is 0 Å². The predicted octanol–water partition coefficient (Wildman–Crippen LogP) is 5.89. The number of hydrogen-bond acceptors (Lipinski definition) is 6. The number of carbonyl (C=O) groups excluding carboxylic acids is 1. The molecule has 0 fully saturated rings. The lowest BCUT2D eigenvalue weighted by molar-refractivity contribution is 0.0929. The number of nitrogens with one attached hydrogen (secondary N) is 2. The molecule has 2 N–H and O–H groups in total. The second-order valence-electron chi connectivity index (χ2n) is 6.81. The smallest absolute Gasteiger partial charge is 0.307 e. The maximum atomic E-state index is 12.3. The van der Waals surface area contributed by atoms with Crippen molar-refractivity contribution in [1.82, 2.24) is 15.4 Å². The van der Waals surface area contributed by atoms with Crippen LogP contribution in [0.1, 0.15) is 21.9 Å². The van der Waals surface area contributed by atoms with Gasteiger partial charge in [0.05, 0.1) is 17.2 Å². The first-order valence-corrected chi connectivity index (χ1v) is 10.9. The molecule has 0 radical (unpaired) electrons. The molecule has 1 amide bonds. The number of carbonyl (C=O) groups is 1. The topological polar surface area (TPSA) is 96.4 Å². The third kappa shape index (κ3) is 4.28. The SMILES string of the molecule is Cc1ccc2nc(Sc3ccc(/C=N/NC(=O)c4cc5cc(Br)ccc5o4)o3)[nH]c2c1. The molecule has 0 aliphatic carbocycles. The van der Waals surface area contributed by atoms with E-state index in [1.807, 2.05) is 37.3 Å². The first-order chi connectivity index (χ1) is 15.0. The second-order valence-corrected chi connectivity index (χ2v) is 8.72. The van der Waals surface area contributed by atoms with Crippen molar-refractivity contribution < 1.29 is 13.6 Å². The van der Waals surface area contributed by atoms with Gasteiger partial charge < -0.3 is 13.8 Å². The molecule has 31 heavy (non-hydrogen) atoms. The third-order valence-corrected chi connectivity index (χ3v) is 5.78. The van der Waals surface area contributed by atoms with Gasteiger partial charge in [-0.25, -0.2) is 10.4 Å². The number of amides is 1. The average Bonchev–Trinajstić information content (AvgIpc) is 3.45. The van der Waals surface area contributed by atoms with E-state index in [0.717, 1.165) is 26.0 Å². The highest BCUT2D eigenvalue weighted by molar-refractivity contribution is 9.10. The number of benzene rings is 2. The van der Waals surface area contributed by atoms with Gasteiger partial charge >= 0.3 is 5.91 Å². The molecule has 0 aliphatic heterocycles. The van der Waals surface area contributed by atoms with Crippen molar-refractivity contribution in [2.45, 2.75) is 17.2 Å². The molecule has 0 aliphatic rings. The minimum atomic E-state index is -0.442. The van der Waals surface area contributed by atoms with Crippen LogP contribution in [0.3, 0.4) is 0 Å². The summed E-state index contributed by atoms with van der Waals surface area (Å²) in [4.78, 5) is 20.1. The van der Waals surface area contributed by atoms with Crippen molar-refractivity contribution in [3.63, 3.8) is 0 Å². The number of aryl methyl sites for hydroxylation is 1. The van der Waals surface area contributed by atoms with E-state index in [0.29, 0.717) is 16.4 Å². The molecular weight excluding hydrogens is 480 g/mol. The Hall–Kier alpha value is -3.30. The van der Waals surface area contributed by atoms with Gasteiger partial charge in [0.15, 0.2) is 16.0 Å². The van der Waals surface area contributed by atoms with E-state index in [1.165, 1.54) is 23.5 Å². The van der Waals surface area contributed by atoms with Crippen molar-refractivity contribution in [3.8, 4) is 0 Å². The highest BCUT2D eigenvalue weighted by Crippen LogP contribution is 2.29. The number of aromatic nitrogens is 2. The van der Waals surface area contributed by atoms with Crippen LogP contribution >= 0.6 is 27.7 Å². The Morgan fingerprint density at radius 3 is 2.97 bits per heavy atom. The number of hydrazone groups is 1. The van der Waals surface area contributed by atoms with Gasteiger partial charge in [0.1, 0.15) is 11.3 Å². The Morgan fingerprint density at radius 2 is 2.06 bits per heavy atom. The van der Waals surface area contributed by atoms with Crippen LogP contribution in [0.25, 0.3) is 22.0 Å². The maximum absolute atomic E-state index is 12.3. The number of aromatic amines is 1. The Labute approximate surface area is 189 Å². The predicted molar refractivity (Wildman–Crippen MR) is 123 cm³/mol. The van der Waals surface area contributed by atoms with Crippen LogP contribution in [0, 0.1) is 6.92 Å². The second kappa shape index (κ2) is 8.09. The standard InChI is InChI=1S/C22H15BrN4O3S/c1-12-2-5-16-17(8-12)26-22(25-16)31-20-7-4-15(29-20)11-24-27-21(28)19-10-13-9-14(23)3-6-18(13)30-19/h2-11H,1H3,(H,25,26)(H,27,28)/b24-11+. The Balaban J connectivity index is 1.23. The molecule has 0 saturated carbocycles. The molecule has 154 valence electrons. The zero-order valence-electron chi connectivity index (χ0n) is 16.2. The molecule has 0 spiro atoms. The molecule has 3 heterocycles. The number of halogens is 1. The molecule has 0 atom stereocenters. The highest BCUT2D eigenvalue weighted by Gasteiger charge is 2.12. The zero-order chi connectivity index (χ0) is 21.4. The molecule has 0 unspecified atom stereocenters. The summed E-state index contributed by atoms with van der Waals surface area (Å²) < 4.78 is 12.2. The number of fused-ring (bicyclic) bond motifs is 2. The van der Waals surface area contributed by atoms with E-state index in [9.17, 15) is 4.79 Å². The molecule has 5 rings (SSSR count). The van der Waals surface area contributed by atoms with Gasteiger partial charge in [-0.2, -0.15) is 5.10 Å². The van der Waals surface area contributed by atoms with Gasteiger partial charge in [0.25, 0.3) is 0 Å². The fraction of sp³-hybridized carbons (Fsp3) is 0.0455. The van der Waals surface area contributed by atoms with Gasteiger partial charge in [0, 0.05) is 9.86 Å². The number of rotatable bonds is 5. The lowest BCUT2D eigenvalue weighted by atomic mass is 10.2. The fourth-order valence-electron chi connectivity index (χ4n) is 3.04.